The Balaban J connectivity index is 2.05. The largest absolute Gasteiger partial charge is 0.369 e. The number of Topliss-reactive ketones (excluding diaryl/α,β-unsaturated/α-hetero) is 2. The second-order valence-electron chi connectivity index (χ2n) is 5.98. The number of benzene rings is 1. The van der Waals surface area contributed by atoms with Gasteiger partial charge in [0.05, 0.1) is 5.41 Å². The van der Waals surface area contributed by atoms with Gasteiger partial charge < -0.3 is 4.90 Å². The second kappa shape index (κ2) is 5.78. The summed E-state index contributed by atoms with van der Waals surface area (Å²) < 4.78 is 0. The van der Waals surface area contributed by atoms with Gasteiger partial charge >= 0.3 is 0 Å². The summed E-state index contributed by atoms with van der Waals surface area (Å²) in [5.74, 6) is 0.411. The molecule has 0 unspecified atom stereocenters. The van der Waals surface area contributed by atoms with Crippen molar-refractivity contribution in [2.45, 2.75) is 33.6 Å². The fourth-order valence-corrected chi connectivity index (χ4v) is 2.70. The number of rotatable bonds is 6. The number of carbonyl (C=O) groups excluding carboxylic acids is 2. The van der Waals surface area contributed by atoms with E-state index in [1.54, 1.807) is 6.92 Å². The standard InChI is InChI=1S/C17H23NO2/c1-4-13(2)16(20)10-17(14(3)19)11-18(12-17)15-8-6-5-7-9-15/h5-9,13H,4,10-12H2,1-3H3/t13-/m1/s1. The Morgan fingerprint density at radius 2 is 1.85 bits per heavy atom. The Kier molecular flexibility index (Phi) is 4.26. The predicted octanol–water partition coefficient (Wildman–Crippen LogP) is 3.09. The van der Waals surface area contributed by atoms with Crippen LogP contribution in [0.4, 0.5) is 5.69 Å². The van der Waals surface area contributed by atoms with Crippen LogP contribution in [0.1, 0.15) is 33.6 Å². The van der Waals surface area contributed by atoms with Crippen LogP contribution in [0.25, 0.3) is 0 Å². The molecule has 1 fully saturated rings. The molecule has 0 N–H and O–H groups in total. The lowest BCUT2D eigenvalue weighted by atomic mass is 9.71. The summed E-state index contributed by atoms with van der Waals surface area (Å²) in [6.07, 6.45) is 1.23. The molecule has 0 radical (unpaired) electrons. The van der Waals surface area contributed by atoms with Gasteiger partial charge in [0.2, 0.25) is 0 Å². The number of ketones is 2. The van der Waals surface area contributed by atoms with Crippen LogP contribution in [0, 0.1) is 11.3 Å². The lowest BCUT2D eigenvalue weighted by molar-refractivity contribution is -0.135. The van der Waals surface area contributed by atoms with Gasteiger partial charge in [-0.1, -0.05) is 32.0 Å². The highest BCUT2D eigenvalue weighted by molar-refractivity contribution is 5.93. The number of hydrogen-bond acceptors (Lipinski definition) is 3. The molecule has 0 amide bonds. The Hall–Kier alpha value is -1.64. The van der Waals surface area contributed by atoms with Crippen molar-refractivity contribution in [3.8, 4) is 0 Å². The van der Waals surface area contributed by atoms with Crippen molar-refractivity contribution in [3.05, 3.63) is 30.3 Å². The molecule has 1 aliphatic rings. The smallest absolute Gasteiger partial charge is 0.139 e. The fourth-order valence-electron chi connectivity index (χ4n) is 2.70. The van der Waals surface area contributed by atoms with Crippen LogP contribution in [-0.2, 0) is 9.59 Å². The first-order valence-electron chi connectivity index (χ1n) is 7.32. The van der Waals surface area contributed by atoms with E-state index in [-0.39, 0.29) is 17.5 Å². The van der Waals surface area contributed by atoms with E-state index in [4.69, 9.17) is 0 Å². The first-order chi connectivity index (χ1) is 9.48. The van der Waals surface area contributed by atoms with Crippen molar-refractivity contribution < 1.29 is 9.59 Å². The molecule has 0 bridgehead atoms. The molecule has 1 aromatic rings. The summed E-state index contributed by atoms with van der Waals surface area (Å²) in [4.78, 5) is 26.3. The number of carbonyl (C=O) groups is 2. The molecular formula is C17H23NO2. The van der Waals surface area contributed by atoms with Crippen molar-refractivity contribution in [2.24, 2.45) is 11.3 Å². The van der Waals surface area contributed by atoms with E-state index in [0.717, 1.165) is 12.1 Å². The Morgan fingerprint density at radius 3 is 2.35 bits per heavy atom. The monoisotopic (exact) mass is 273 g/mol. The highest BCUT2D eigenvalue weighted by Crippen LogP contribution is 2.39. The molecular weight excluding hydrogens is 250 g/mol. The minimum absolute atomic E-state index is 0.0528. The Bertz CT molecular complexity index is 489. The molecule has 1 atom stereocenters. The first kappa shape index (κ1) is 14.8. The molecule has 2 rings (SSSR count). The maximum Gasteiger partial charge on any atom is 0.139 e. The average molecular weight is 273 g/mol. The summed E-state index contributed by atoms with van der Waals surface area (Å²) >= 11 is 0. The van der Waals surface area contributed by atoms with Gasteiger partial charge in [0.1, 0.15) is 11.6 Å². The zero-order valence-corrected chi connectivity index (χ0v) is 12.6. The Labute approximate surface area is 121 Å². The fraction of sp³-hybridized carbons (Fsp3) is 0.529. The van der Waals surface area contributed by atoms with Gasteiger partial charge in [0, 0.05) is 31.1 Å². The van der Waals surface area contributed by atoms with Crippen molar-refractivity contribution in [2.75, 3.05) is 18.0 Å². The summed E-state index contributed by atoms with van der Waals surface area (Å²) in [5, 5.41) is 0. The molecule has 3 heteroatoms. The van der Waals surface area contributed by atoms with E-state index >= 15 is 0 Å². The molecule has 0 saturated carbocycles. The highest BCUT2D eigenvalue weighted by atomic mass is 16.1. The lowest BCUT2D eigenvalue weighted by Gasteiger charge is -2.50. The molecule has 108 valence electrons. The van der Waals surface area contributed by atoms with Crippen molar-refractivity contribution in [1.82, 2.24) is 0 Å². The molecule has 0 aromatic heterocycles. The van der Waals surface area contributed by atoms with Crippen molar-refractivity contribution in [1.29, 1.82) is 0 Å². The minimum atomic E-state index is -0.462. The maximum atomic E-state index is 12.2. The molecule has 1 aliphatic heterocycles. The molecule has 0 aliphatic carbocycles. The van der Waals surface area contributed by atoms with Crippen LogP contribution in [-0.4, -0.2) is 24.7 Å². The third-order valence-electron chi connectivity index (χ3n) is 4.53. The first-order valence-corrected chi connectivity index (χ1v) is 7.32. The minimum Gasteiger partial charge on any atom is -0.369 e. The average Bonchev–Trinajstić information content (AvgIpc) is 2.41. The second-order valence-corrected chi connectivity index (χ2v) is 5.98. The van der Waals surface area contributed by atoms with E-state index in [2.05, 4.69) is 4.90 Å². The van der Waals surface area contributed by atoms with Gasteiger partial charge in [-0.25, -0.2) is 0 Å². The van der Waals surface area contributed by atoms with Crippen LogP contribution in [0.3, 0.4) is 0 Å². The van der Waals surface area contributed by atoms with E-state index in [0.29, 0.717) is 19.5 Å². The molecule has 3 nitrogen and oxygen atoms in total. The van der Waals surface area contributed by atoms with Crippen LogP contribution >= 0.6 is 0 Å². The summed E-state index contributed by atoms with van der Waals surface area (Å²) in [7, 11) is 0. The van der Waals surface area contributed by atoms with Crippen LogP contribution in [0.5, 0.6) is 0 Å². The van der Waals surface area contributed by atoms with Gasteiger partial charge in [-0.05, 0) is 25.5 Å². The van der Waals surface area contributed by atoms with Crippen molar-refractivity contribution >= 4 is 17.3 Å². The van der Waals surface area contributed by atoms with E-state index < -0.39 is 5.41 Å². The number of hydrogen-bond donors (Lipinski definition) is 0. The number of para-hydroxylation sites is 1. The lowest BCUT2D eigenvalue weighted by Crippen LogP contribution is -2.61. The van der Waals surface area contributed by atoms with E-state index in [1.807, 2.05) is 44.2 Å². The summed E-state index contributed by atoms with van der Waals surface area (Å²) in [6, 6.07) is 10.1. The predicted molar refractivity (Wildman–Crippen MR) is 80.8 cm³/mol. The summed E-state index contributed by atoms with van der Waals surface area (Å²) in [6.45, 7) is 6.90. The third-order valence-corrected chi connectivity index (χ3v) is 4.53. The van der Waals surface area contributed by atoms with Gasteiger partial charge in [-0.2, -0.15) is 0 Å². The summed E-state index contributed by atoms with van der Waals surface area (Å²) in [5.41, 5.74) is 0.663. The SMILES string of the molecule is CC[C@@H](C)C(=O)CC1(C(C)=O)CN(c2ccccc2)C1. The van der Waals surface area contributed by atoms with Gasteiger partial charge in [-0.15, -0.1) is 0 Å². The molecule has 1 heterocycles. The number of anilines is 1. The molecule has 1 aromatic carbocycles. The third kappa shape index (κ3) is 2.77. The molecule has 1 saturated heterocycles. The molecule has 0 spiro atoms. The highest BCUT2D eigenvalue weighted by Gasteiger charge is 2.48. The van der Waals surface area contributed by atoms with Crippen molar-refractivity contribution in [3.63, 3.8) is 0 Å². The zero-order valence-electron chi connectivity index (χ0n) is 12.6. The topological polar surface area (TPSA) is 37.4 Å². The number of nitrogens with zero attached hydrogens (tertiary/aromatic N) is 1. The van der Waals surface area contributed by atoms with Gasteiger partial charge in [0.25, 0.3) is 0 Å². The maximum absolute atomic E-state index is 12.2. The normalized spacial score (nSPS) is 18.2. The quantitative estimate of drug-likeness (QED) is 0.799. The van der Waals surface area contributed by atoms with E-state index in [1.165, 1.54) is 0 Å². The molecule has 20 heavy (non-hydrogen) atoms. The van der Waals surface area contributed by atoms with Gasteiger partial charge in [0.15, 0.2) is 0 Å². The zero-order chi connectivity index (χ0) is 14.8. The Morgan fingerprint density at radius 1 is 1.25 bits per heavy atom. The van der Waals surface area contributed by atoms with Crippen LogP contribution in [0.2, 0.25) is 0 Å². The van der Waals surface area contributed by atoms with Crippen LogP contribution in [0.15, 0.2) is 30.3 Å². The van der Waals surface area contributed by atoms with Gasteiger partial charge in [-0.3, -0.25) is 9.59 Å². The van der Waals surface area contributed by atoms with E-state index in [9.17, 15) is 9.59 Å². The van der Waals surface area contributed by atoms with Crippen LogP contribution < -0.4 is 4.90 Å².